The molecule has 0 aliphatic heterocycles. The Labute approximate surface area is 103 Å². The maximum Gasteiger partial charge on any atom is 0.433 e. The summed E-state index contributed by atoms with van der Waals surface area (Å²) in [4.78, 5) is 9.92. The third-order valence-electron chi connectivity index (χ3n) is 2.49. The third-order valence-corrected chi connectivity index (χ3v) is 2.49. The SMILES string of the molecule is CCCc1c(N)nnn1Cc1ccc([N+](=O)[O-])o1. The van der Waals surface area contributed by atoms with Gasteiger partial charge in [-0.3, -0.25) is 10.1 Å². The average molecular weight is 251 g/mol. The van der Waals surface area contributed by atoms with Crippen molar-refractivity contribution in [2.75, 3.05) is 5.73 Å². The topological polar surface area (TPSA) is 113 Å². The standard InChI is InChI=1S/C10H13N5O3/c1-2-3-8-10(11)12-13-14(8)6-7-4-5-9(18-7)15(16)17/h4-5H,2-3,6,11H2,1H3. The smallest absolute Gasteiger partial charge is 0.404 e. The maximum absolute atomic E-state index is 10.5. The van der Waals surface area contributed by atoms with E-state index in [0.29, 0.717) is 11.6 Å². The molecule has 96 valence electrons. The zero-order valence-electron chi connectivity index (χ0n) is 9.87. The molecule has 0 radical (unpaired) electrons. The highest BCUT2D eigenvalue weighted by Gasteiger charge is 2.15. The van der Waals surface area contributed by atoms with Crippen molar-refractivity contribution in [2.45, 2.75) is 26.3 Å². The predicted molar refractivity (Wildman–Crippen MR) is 62.9 cm³/mol. The fourth-order valence-electron chi connectivity index (χ4n) is 1.66. The highest BCUT2D eigenvalue weighted by Crippen LogP contribution is 2.18. The van der Waals surface area contributed by atoms with Crippen LogP contribution in [0.5, 0.6) is 0 Å². The fourth-order valence-corrected chi connectivity index (χ4v) is 1.66. The second-order valence-corrected chi connectivity index (χ2v) is 3.83. The lowest BCUT2D eigenvalue weighted by Crippen LogP contribution is -2.06. The van der Waals surface area contributed by atoms with Crippen LogP contribution in [0.3, 0.4) is 0 Å². The summed E-state index contributed by atoms with van der Waals surface area (Å²) in [5.74, 6) is 0.553. The first-order chi connectivity index (χ1) is 8.61. The second kappa shape index (κ2) is 4.86. The fraction of sp³-hybridized carbons (Fsp3) is 0.400. The minimum Gasteiger partial charge on any atom is -0.404 e. The molecule has 0 fully saturated rings. The minimum absolute atomic E-state index is 0.282. The summed E-state index contributed by atoms with van der Waals surface area (Å²) in [5, 5.41) is 18.2. The number of nitrogen functional groups attached to an aromatic ring is 1. The number of anilines is 1. The molecule has 2 aromatic heterocycles. The molecule has 0 bridgehead atoms. The molecule has 2 heterocycles. The summed E-state index contributed by atoms with van der Waals surface area (Å²) in [6.45, 7) is 2.31. The first-order valence-electron chi connectivity index (χ1n) is 5.52. The van der Waals surface area contributed by atoms with E-state index < -0.39 is 4.92 Å². The van der Waals surface area contributed by atoms with Crippen molar-refractivity contribution < 1.29 is 9.34 Å². The van der Waals surface area contributed by atoms with Gasteiger partial charge >= 0.3 is 5.88 Å². The van der Waals surface area contributed by atoms with Crippen molar-refractivity contribution in [2.24, 2.45) is 0 Å². The number of nitro groups is 1. The largest absolute Gasteiger partial charge is 0.433 e. The Hall–Kier alpha value is -2.38. The van der Waals surface area contributed by atoms with Gasteiger partial charge in [-0.2, -0.15) is 0 Å². The Bertz CT molecular complexity index is 560. The van der Waals surface area contributed by atoms with Gasteiger partial charge in [-0.1, -0.05) is 18.6 Å². The highest BCUT2D eigenvalue weighted by molar-refractivity contribution is 5.33. The molecule has 8 heteroatoms. The van der Waals surface area contributed by atoms with Gasteiger partial charge in [0.1, 0.15) is 17.2 Å². The van der Waals surface area contributed by atoms with E-state index in [1.54, 1.807) is 10.7 Å². The summed E-state index contributed by atoms with van der Waals surface area (Å²) in [7, 11) is 0. The monoisotopic (exact) mass is 251 g/mol. The quantitative estimate of drug-likeness (QED) is 0.634. The maximum atomic E-state index is 10.5. The van der Waals surface area contributed by atoms with Crippen molar-refractivity contribution >= 4 is 11.7 Å². The van der Waals surface area contributed by atoms with Gasteiger partial charge in [0.15, 0.2) is 5.82 Å². The van der Waals surface area contributed by atoms with Crippen molar-refractivity contribution in [3.05, 3.63) is 33.7 Å². The number of hydrogen-bond acceptors (Lipinski definition) is 6. The molecule has 0 saturated carbocycles. The molecule has 2 rings (SSSR count). The lowest BCUT2D eigenvalue weighted by molar-refractivity contribution is -0.402. The van der Waals surface area contributed by atoms with Crippen LogP contribution in [-0.4, -0.2) is 19.9 Å². The van der Waals surface area contributed by atoms with Crippen LogP contribution >= 0.6 is 0 Å². The number of nitrogens with zero attached hydrogens (tertiary/aromatic N) is 4. The van der Waals surface area contributed by atoms with Crippen LogP contribution in [0.1, 0.15) is 24.8 Å². The molecule has 2 N–H and O–H groups in total. The lowest BCUT2D eigenvalue weighted by atomic mass is 10.2. The van der Waals surface area contributed by atoms with E-state index in [1.165, 1.54) is 6.07 Å². The van der Waals surface area contributed by atoms with Crippen LogP contribution in [0.25, 0.3) is 0 Å². The number of aromatic nitrogens is 3. The van der Waals surface area contributed by atoms with Gasteiger partial charge < -0.3 is 10.2 Å². The Kier molecular flexibility index (Phi) is 3.26. The Morgan fingerprint density at radius 1 is 1.56 bits per heavy atom. The summed E-state index contributed by atoms with van der Waals surface area (Å²) in [5.41, 5.74) is 6.52. The van der Waals surface area contributed by atoms with E-state index in [4.69, 9.17) is 10.2 Å². The van der Waals surface area contributed by atoms with Gasteiger partial charge in [0.05, 0.1) is 11.8 Å². The van der Waals surface area contributed by atoms with Gasteiger partial charge in [-0.05, 0) is 12.5 Å². The molecule has 0 spiro atoms. The first kappa shape index (κ1) is 12.1. The zero-order chi connectivity index (χ0) is 13.1. The Balaban J connectivity index is 2.20. The second-order valence-electron chi connectivity index (χ2n) is 3.83. The first-order valence-corrected chi connectivity index (χ1v) is 5.52. The summed E-state index contributed by atoms with van der Waals surface area (Å²) in [6.07, 6.45) is 1.66. The number of furan rings is 1. The molecule has 0 saturated heterocycles. The van der Waals surface area contributed by atoms with Crippen LogP contribution in [0.15, 0.2) is 16.5 Å². The average Bonchev–Trinajstić information content (AvgIpc) is 2.91. The van der Waals surface area contributed by atoms with Crippen molar-refractivity contribution in [1.82, 2.24) is 15.0 Å². The number of rotatable bonds is 5. The number of hydrogen-bond donors (Lipinski definition) is 1. The van der Waals surface area contributed by atoms with E-state index in [-0.39, 0.29) is 12.4 Å². The van der Waals surface area contributed by atoms with Crippen LogP contribution in [0, 0.1) is 10.1 Å². The van der Waals surface area contributed by atoms with Gasteiger partial charge in [0.25, 0.3) is 0 Å². The van der Waals surface area contributed by atoms with E-state index in [2.05, 4.69) is 10.3 Å². The molecule has 0 atom stereocenters. The molecule has 18 heavy (non-hydrogen) atoms. The summed E-state index contributed by atoms with van der Waals surface area (Å²) in [6, 6.07) is 2.86. The van der Waals surface area contributed by atoms with E-state index in [9.17, 15) is 10.1 Å². The van der Waals surface area contributed by atoms with Crippen molar-refractivity contribution in [3.8, 4) is 0 Å². The van der Waals surface area contributed by atoms with E-state index in [0.717, 1.165) is 18.5 Å². The van der Waals surface area contributed by atoms with Crippen LogP contribution in [0.2, 0.25) is 0 Å². The normalized spacial score (nSPS) is 10.7. The zero-order valence-corrected chi connectivity index (χ0v) is 9.87. The van der Waals surface area contributed by atoms with Crippen LogP contribution < -0.4 is 5.73 Å². The molecule has 0 unspecified atom stereocenters. The molecular weight excluding hydrogens is 238 g/mol. The predicted octanol–water partition coefficient (Wildman–Crippen LogP) is 1.36. The molecule has 0 aromatic carbocycles. The van der Waals surface area contributed by atoms with Gasteiger partial charge in [0, 0.05) is 0 Å². The summed E-state index contributed by atoms with van der Waals surface area (Å²) < 4.78 is 6.66. The van der Waals surface area contributed by atoms with Gasteiger partial charge in [-0.15, -0.1) is 5.10 Å². The van der Waals surface area contributed by atoms with Crippen LogP contribution in [-0.2, 0) is 13.0 Å². The van der Waals surface area contributed by atoms with Crippen molar-refractivity contribution in [3.63, 3.8) is 0 Å². The number of nitrogens with two attached hydrogens (primary N) is 1. The molecule has 0 amide bonds. The molecule has 0 aliphatic carbocycles. The van der Waals surface area contributed by atoms with Crippen molar-refractivity contribution in [1.29, 1.82) is 0 Å². The van der Waals surface area contributed by atoms with E-state index in [1.807, 2.05) is 6.92 Å². The minimum atomic E-state index is -0.577. The van der Waals surface area contributed by atoms with E-state index >= 15 is 0 Å². The molecule has 2 aromatic rings. The van der Waals surface area contributed by atoms with Gasteiger partial charge in [-0.25, -0.2) is 4.68 Å². The Morgan fingerprint density at radius 3 is 2.94 bits per heavy atom. The third kappa shape index (κ3) is 2.31. The molecule has 0 aliphatic rings. The molecule has 8 nitrogen and oxygen atoms in total. The lowest BCUT2D eigenvalue weighted by Gasteiger charge is -2.03. The Morgan fingerprint density at radius 2 is 2.33 bits per heavy atom. The van der Waals surface area contributed by atoms with Crippen LogP contribution in [0.4, 0.5) is 11.7 Å². The summed E-state index contributed by atoms with van der Waals surface area (Å²) >= 11 is 0. The highest BCUT2D eigenvalue weighted by atomic mass is 16.6. The molecular formula is C10H13N5O3. The van der Waals surface area contributed by atoms with Gasteiger partial charge in [0.2, 0.25) is 0 Å².